The van der Waals surface area contributed by atoms with Crippen molar-refractivity contribution in [1.82, 2.24) is 0 Å². The first kappa shape index (κ1) is 14.2. The first-order chi connectivity index (χ1) is 9.16. The van der Waals surface area contributed by atoms with E-state index in [1.807, 2.05) is 24.3 Å². The van der Waals surface area contributed by atoms with Crippen LogP contribution < -0.4 is 0 Å². The molecule has 0 radical (unpaired) electrons. The van der Waals surface area contributed by atoms with Gasteiger partial charge in [-0.3, -0.25) is 4.79 Å². The number of carbonyl (C=O) groups excluding carboxylic acids is 1. The van der Waals surface area contributed by atoms with Crippen LogP contribution in [-0.2, 0) is 9.47 Å². The van der Waals surface area contributed by atoms with Crippen LogP contribution in [0, 0.1) is 0 Å². The van der Waals surface area contributed by atoms with Gasteiger partial charge in [0.15, 0.2) is 5.78 Å². The van der Waals surface area contributed by atoms with E-state index in [0.29, 0.717) is 12.5 Å². The van der Waals surface area contributed by atoms with Gasteiger partial charge in [-0.15, -0.1) is 0 Å². The average molecular weight is 262 g/mol. The Labute approximate surface area is 114 Å². The van der Waals surface area contributed by atoms with Crippen molar-refractivity contribution in [3.8, 4) is 0 Å². The lowest BCUT2D eigenvalue weighted by Crippen LogP contribution is -2.18. The number of carbonyl (C=O) groups is 1. The lowest BCUT2D eigenvalue weighted by Gasteiger charge is -2.10. The van der Waals surface area contributed by atoms with Gasteiger partial charge in [0.2, 0.25) is 0 Å². The van der Waals surface area contributed by atoms with Crippen LogP contribution in [0.5, 0.6) is 0 Å². The molecule has 104 valence electrons. The van der Waals surface area contributed by atoms with Crippen molar-refractivity contribution in [2.24, 2.45) is 0 Å². The molecule has 1 aliphatic rings. The van der Waals surface area contributed by atoms with E-state index >= 15 is 0 Å². The lowest BCUT2D eigenvalue weighted by atomic mass is 10.0. The van der Waals surface area contributed by atoms with Crippen molar-refractivity contribution >= 4 is 5.78 Å². The van der Waals surface area contributed by atoms with Crippen LogP contribution in [0.15, 0.2) is 24.3 Å². The molecular formula is C16H22O3. The Hall–Kier alpha value is -1.19. The van der Waals surface area contributed by atoms with Gasteiger partial charge in [0.05, 0.1) is 12.7 Å². The van der Waals surface area contributed by atoms with Crippen molar-refractivity contribution < 1.29 is 14.3 Å². The molecule has 3 heteroatoms. The van der Waals surface area contributed by atoms with Gasteiger partial charge in [0.25, 0.3) is 0 Å². The number of ether oxygens (including phenoxy) is 2. The Morgan fingerprint density at radius 1 is 1.37 bits per heavy atom. The van der Waals surface area contributed by atoms with Gasteiger partial charge < -0.3 is 9.47 Å². The van der Waals surface area contributed by atoms with Gasteiger partial charge >= 0.3 is 0 Å². The molecule has 1 aliphatic heterocycles. The SMILES string of the molecule is CC(C)c1ccc(C(=O)COCC2CCCO2)cc1. The molecule has 0 amide bonds. The topological polar surface area (TPSA) is 35.5 Å². The van der Waals surface area contributed by atoms with Crippen LogP contribution in [-0.4, -0.2) is 31.7 Å². The fourth-order valence-electron chi connectivity index (χ4n) is 2.20. The highest BCUT2D eigenvalue weighted by Gasteiger charge is 2.16. The fraction of sp³-hybridized carbons (Fsp3) is 0.562. The molecule has 19 heavy (non-hydrogen) atoms. The zero-order valence-corrected chi connectivity index (χ0v) is 11.7. The Kier molecular flexibility index (Phi) is 5.11. The van der Waals surface area contributed by atoms with Gasteiger partial charge in [-0.1, -0.05) is 38.1 Å². The largest absolute Gasteiger partial charge is 0.376 e. The molecule has 0 bridgehead atoms. The second-order valence-electron chi connectivity index (χ2n) is 5.35. The highest BCUT2D eigenvalue weighted by molar-refractivity contribution is 5.97. The zero-order valence-electron chi connectivity index (χ0n) is 11.7. The molecule has 1 aromatic carbocycles. The van der Waals surface area contributed by atoms with Crippen LogP contribution in [0.3, 0.4) is 0 Å². The molecule has 2 rings (SSSR count). The first-order valence-electron chi connectivity index (χ1n) is 6.99. The highest BCUT2D eigenvalue weighted by Crippen LogP contribution is 2.15. The predicted octanol–water partition coefficient (Wildman–Crippen LogP) is 3.19. The molecule has 1 fully saturated rings. The van der Waals surface area contributed by atoms with Crippen molar-refractivity contribution in [2.75, 3.05) is 19.8 Å². The second kappa shape index (κ2) is 6.83. The molecule has 3 nitrogen and oxygen atoms in total. The van der Waals surface area contributed by atoms with Gasteiger partial charge in [0.1, 0.15) is 6.61 Å². The number of hydrogen-bond acceptors (Lipinski definition) is 3. The Morgan fingerprint density at radius 2 is 2.11 bits per heavy atom. The quantitative estimate of drug-likeness (QED) is 0.739. The second-order valence-corrected chi connectivity index (χ2v) is 5.35. The molecule has 0 aromatic heterocycles. The molecule has 1 unspecified atom stereocenters. The monoisotopic (exact) mass is 262 g/mol. The summed E-state index contributed by atoms with van der Waals surface area (Å²) in [5.74, 6) is 0.522. The van der Waals surface area contributed by atoms with Gasteiger partial charge in [-0.05, 0) is 24.3 Å². The van der Waals surface area contributed by atoms with Gasteiger partial charge in [-0.25, -0.2) is 0 Å². The van der Waals surface area contributed by atoms with Crippen LogP contribution in [0.4, 0.5) is 0 Å². The van der Waals surface area contributed by atoms with E-state index in [0.717, 1.165) is 25.0 Å². The number of rotatable bonds is 6. The standard InChI is InChI=1S/C16H22O3/c1-12(2)13-5-7-14(8-6-13)16(17)11-18-10-15-4-3-9-19-15/h5-8,12,15H,3-4,9-11H2,1-2H3. The highest BCUT2D eigenvalue weighted by atomic mass is 16.5. The molecule has 1 atom stereocenters. The van der Waals surface area contributed by atoms with Crippen molar-refractivity contribution in [3.63, 3.8) is 0 Å². The third kappa shape index (κ3) is 4.15. The number of Topliss-reactive ketones (excluding diaryl/α,β-unsaturated/α-hetero) is 1. The van der Waals surface area contributed by atoms with Crippen LogP contribution in [0.25, 0.3) is 0 Å². The van der Waals surface area contributed by atoms with Crippen LogP contribution in [0.1, 0.15) is 48.5 Å². The van der Waals surface area contributed by atoms with Crippen LogP contribution in [0.2, 0.25) is 0 Å². The summed E-state index contributed by atoms with van der Waals surface area (Å²) < 4.78 is 10.9. The lowest BCUT2D eigenvalue weighted by molar-refractivity contribution is 0.0190. The van der Waals surface area contributed by atoms with Gasteiger partial charge in [-0.2, -0.15) is 0 Å². The summed E-state index contributed by atoms with van der Waals surface area (Å²) in [6.07, 6.45) is 2.31. The fourth-order valence-corrected chi connectivity index (χ4v) is 2.20. The zero-order chi connectivity index (χ0) is 13.7. The molecular weight excluding hydrogens is 240 g/mol. The van der Waals surface area contributed by atoms with E-state index in [4.69, 9.17) is 9.47 Å². The first-order valence-corrected chi connectivity index (χ1v) is 6.99. The molecule has 1 aromatic rings. The normalized spacial score (nSPS) is 19.0. The summed E-state index contributed by atoms with van der Waals surface area (Å²) >= 11 is 0. The molecule has 0 N–H and O–H groups in total. The third-order valence-corrected chi connectivity index (χ3v) is 3.46. The minimum absolute atomic E-state index is 0.0355. The summed E-state index contributed by atoms with van der Waals surface area (Å²) in [5.41, 5.74) is 1.97. The number of hydrogen-bond donors (Lipinski definition) is 0. The van der Waals surface area contributed by atoms with E-state index in [1.54, 1.807) is 0 Å². The number of benzene rings is 1. The summed E-state index contributed by atoms with van der Waals surface area (Å²) in [6, 6.07) is 7.79. The van der Waals surface area contributed by atoms with E-state index in [-0.39, 0.29) is 18.5 Å². The van der Waals surface area contributed by atoms with Crippen molar-refractivity contribution in [1.29, 1.82) is 0 Å². The summed E-state index contributed by atoms with van der Waals surface area (Å²) in [4.78, 5) is 11.9. The van der Waals surface area contributed by atoms with Gasteiger partial charge in [0, 0.05) is 12.2 Å². The Balaban J connectivity index is 1.78. The summed E-state index contributed by atoms with van der Waals surface area (Å²) in [7, 11) is 0. The minimum Gasteiger partial charge on any atom is -0.376 e. The molecule has 0 saturated carbocycles. The van der Waals surface area contributed by atoms with E-state index < -0.39 is 0 Å². The maximum Gasteiger partial charge on any atom is 0.188 e. The van der Waals surface area contributed by atoms with E-state index in [2.05, 4.69) is 13.8 Å². The molecule has 1 saturated heterocycles. The van der Waals surface area contributed by atoms with E-state index in [1.165, 1.54) is 5.56 Å². The predicted molar refractivity (Wildman–Crippen MR) is 74.7 cm³/mol. The summed E-state index contributed by atoms with van der Waals surface area (Å²) in [5, 5.41) is 0. The Bertz CT molecular complexity index is 403. The average Bonchev–Trinajstić information content (AvgIpc) is 2.92. The minimum atomic E-state index is 0.0355. The van der Waals surface area contributed by atoms with Crippen molar-refractivity contribution in [2.45, 2.75) is 38.7 Å². The molecule has 1 heterocycles. The number of ketones is 1. The summed E-state index contributed by atoms with van der Waals surface area (Å²) in [6.45, 7) is 5.76. The van der Waals surface area contributed by atoms with E-state index in [9.17, 15) is 4.79 Å². The maximum atomic E-state index is 11.9. The maximum absolute atomic E-state index is 11.9. The molecule has 0 spiro atoms. The third-order valence-electron chi connectivity index (χ3n) is 3.46. The Morgan fingerprint density at radius 3 is 2.68 bits per heavy atom. The smallest absolute Gasteiger partial charge is 0.188 e. The van der Waals surface area contributed by atoms with Crippen LogP contribution >= 0.6 is 0 Å². The molecule has 0 aliphatic carbocycles. The van der Waals surface area contributed by atoms with Crippen molar-refractivity contribution in [3.05, 3.63) is 35.4 Å².